The van der Waals surface area contributed by atoms with Crippen LogP contribution in [-0.2, 0) is 0 Å². The summed E-state index contributed by atoms with van der Waals surface area (Å²) in [4.78, 5) is 20.0. The van der Waals surface area contributed by atoms with Crippen molar-refractivity contribution in [1.29, 1.82) is 0 Å². The topological polar surface area (TPSA) is 76.1 Å². The van der Waals surface area contributed by atoms with Gasteiger partial charge in [-0.25, -0.2) is 9.97 Å². The number of hydrogen-bond acceptors (Lipinski definition) is 5. The quantitative estimate of drug-likeness (QED) is 0.752. The maximum Gasteiger partial charge on any atom is 0.255 e. The third-order valence-corrected chi connectivity index (χ3v) is 3.32. The van der Waals surface area contributed by atoms with Crippen LogP contribution in [0.3, 0.4) is 0 Å². The molecular formula is C18H16N4O2. The maximum absolute atomic E-state index is 12.3. The number of nitrogens with one attached hydrogen (secondary N) is 2. The summed E-state index contributed by atoms with van der Waals surface area (Å²) in [5.41, 5.74) is 2.82. The average Bonchev–Trinajstić information content (AvgIpc) is 2.63. The molecule has 0 atom stereocenters. The highest BCUT2D eigenvalue weighted by atomic mass is 16.5. The lowest BCUT2D eigenvalue weighted by Gasteiger charge is -2.09. The second-order valence-electron chi connectivity index (χ2n) is 5.02. The Labute approximate surface area is 139 Å². The highest BCUT2D eigenvalue weighted by molar-refractivity contribution is 6.04. The van der Waals surface area contributed by atoms with Crippen LogP contribution >= 0.6 is 0 Å². The number of nitrogens with zero attached hydrogens (tertiary/aromatic N) is 2. The van der Waals surface area contributed by atoms with Crippen molar-refractivity contribution in [2.45, 2.75) is 0 Å². The van der Waals surface area contributed by atoms with Crippen LogP contribution in [-0.4, -0.2) is 23.0 Å². The molecule has 1 heterocycles. The summed E-state index contributed by atoms with van der Waals surface area (Å²) >= 11 is 0. The first-order valence-electron chi connectivity index (χ1n) is 7.32. The second-order valence-corrected chi connectivity index (χ2v) is 5.02. The SMILES string of the molecule is COc1ccc(Nc2cccc(C(=O)Nc3cncnc3)c2)cc1. The smallest absolute Gasteiger partial charge is 0.255 e. The first kappa shape index (κ1) is 15.5. The van der Waals surface area contributed by atoms with Crippen molar-refractivity contribution in [2.24, 2.45) is 0 Å². The minimum Gasteiger partial charge on any atom is -0.497 e. The molecule has 0 saturated carbocycles. The van der Waals surface area contributed by atoms with Crippen molar-refractivity contribution < 1.29 is 9.53 Å². The predicted molar refractivity (Wildman–Crippen MR) is 92.7 cm³/mol. The summed E-state index contributed by atoms with van der Waals surface area (Å²) in [5, 5.41) is 6.01. The van der Waals surface area contributed by atoms with Crippen molar-refractivity contribution in [2.75, 3.05) is 17.7 Å². The van der Waals surface area contributed by atoms with E-state index >= 15 is 0 Å². The molecule has 6 heteroatoms. The molecule has 0 saturated heterocycles. The van der Waals surface area contributed by atoms with Gasteiger partial charge in [-0.05, 0) is 42.5 Å². The average molecular weight is 320 g/mol. The van der Waals surface area contributed by atoms with Crippen molar-refractivity contribution in [3.05, 3.63) is 72.8 Å². The van der Waals surface area contributed by atoms with E-state index in [0.717, 1.165) is 17.1 Å². The fraction of sp³-hybridized carbons (Fsp3) is 0.0556. The number of carbonyl (C=O) groups is 1. The molecule has 0 aliphatic rings. The Bertz CT molecular complexity index is 820. The second kappa shape index (κ2) is 7.23. The lowest BCUT2D eigenvalue weighted by molar-refractivity contribution is 0.102. The van der Waals surface area contributed by atoms with Gasteiger partial charge in [0.1, 0.15) is 12.1 Å². The Kier molecular flexibility index (Phi) is 4.67. The zero-order valence-electron chi connectivity index (χ0n) is 13.1. The number of ether oxygens (including phenoxy) is 1. The molecule has 0 radical (unpaired) electrons. The van der Waals surface area contributed by atoms with Crippen LogP contribution in [0.25, 0.3) is 0 Å². The van der Waals surface area contributed by atoms with Gasteiger partial charge in [-0.3, -0.25) is 4.79 Å². The van der Waals surface area contributed by atoms with Gasteiger partial charge in [0.05, 0.1) is 25.2 Å². The molecule has 6 nitrogen and oxygen atoms in total. The number of carbonyl (C=O) groups excluding carboxylic acids is 1. The van der Waals surface area contributed by atoms with Gasteiger partial charge in [-0.15, -0.1) is 0 Å². The first-order valence-corrected chi connectivity index (χ1v) is 7.32. The molecule has 2 N–H and O–H groups in total. The lowest BCUT2D eigenvalue weighted by Crippen LogP contribution is -2.12. The third-order valence-electron chi connectivity index (χ3n) is 3.32. The highest BCUT2D eigenvalue weighted by Gasteiger charge is 2.07. The molecule has 0 fully saturated rings. The number of methoxy groups -OCH3 is 1. The van der Waals surface area contributed by atoms with Gasteiger partial charge in [0.25, 0.3) is 5.91 Å². The number of hydrogen-bond donors (Lipinski definition) is 2. The monoisotopic (exact) mass is 320 g/mol. The Morgan fingerprint density at radius 1 is 0.958 bits per heavy atom. The molecule has 2 aromatic carbocycles. The minimum absolute atomic E-state index is 0.219. The van der Waals surface area contributed by atoms with Crippen molar-refractivity contribution >= 4 is 23.0 Å². The third kappa shape index (κ3) is 3.86. The Balaban J connectivity index is 1.72. The van der Waals surface area contributed by atoms with Crippen molar-refractivity contribution in [3.8, 4) is 5.75 Å². The van der Waals surface area contributed by atoms with Gasteiger partial charge >= 0.3 is 0 Å². The normalized spacial score (nSPS) is 10.0. The zero-order valence-corrected chi connectivity index (χ0v) is 13.1. The van der Waals surface area contributed by atoms with Gasteiger partial charge in [0.2, 0.25) is 0 Å². The van der Waals surface area contributed by atoms with Crippen LogP contribution in [0.1, 0.15) is 10.4 Å². The Morgan fingerprint density at radius 3 is 2.42 bits per heavy atom. The van der Waals surface area contributed by atoms with E-state index in [2.05, 4.69) is 20.6 Å². The summed E-state index contributed by atoms with van der Waals surface area (Å²) < 4.78 is 5.14. The molecule has 1 amide bonds. The Hall–Kier alpha value is -3.41. The molecule has 1 aromatic heterocycles. The van der Waals surface area contributed by atoms with E-state index in [0.29, 0.717) is 11.3 Å². The van der Waals surface area contributed by atoms with Crippen LogP contribution in [0.2, 0.25) is 0 Å². The zero-order chi connectivity index (χ0) is 16.8. The molecule has 0 aliphatic carbocycles. The fourth-order valence-electron chi connectivity index (χ4n) is 2.15. The minimum atomic E-state index is -0.219. The van der Waals surface area contributed by atoms with Crippen LogP contribution < -0.4 is 15.4 Å². The molecule has 0 aliphatic heterocycles. The summed E-state index contributed by atoms with van der Waals surface area (Å²) in [6.45, 7) is 0. The van der Waals surface area contributed by atoms with E-state index in [1.165, 1.54) is 6.33 Å². The molecule has 3 rings (SSSR count). The van der Waals surface area contributed by atoms with Gasteiger partial charge in [-0.2, -0.15) is 0 Å². The van der Waals surface area contributed by atoms with Crippen molar-refractivity contribution in [3.63, 3.8) is 0 Å². The van der Waals surface area contributed by atoms with Gasteiger partial charge in [-0.1, -0.05) is 6.07 Å². The molecule has 3 aromatic rings. The number of anilines is 3. The number of benzene rings is 2. The summed E-state index contributed by atoms with van der Waals surface area (Å²) in [7, 11) is 1.63. The summed E-state index contributed by atoms with van der Waals surface area (Å²) in [6.07, 6.45) is 4.50. The lowest BCUT2D eigenvalue weighted by atomic mass is 10.1. The first-order chi connectivity index (χ1) is 11.7. The standard InChI is InChI=1S/C18H16N4O2/c1-24-17-7-5-14(6-8-17)21-15-4-2-3-13(9-15)18(23)22-16-10-19-12-20-11-16/h2-12,21H,1H3,(H,22,23). The van der Waals surface area contributed by atoms with Gasteiger partial charge in [0, 0.05) is 16.9 Å². The highest BCUT2D eigenvalue weighted by Crippen LogP contribution is 2.21. The number of rotatable bonds is 5. The van der Waals surface area contributed by atoms with E-state index in [-0.39, 0.29) is 5.91 Å². The molecule has 0 bridgehead atoms. The maximum atomic E-state index is 12.3. The number of amides is 1. The van der Waals surface area contributed by atoms with E-state index < -0.39 is 0 Å². The molecule has 24 heavy (non-hydrogen) atoms. The predicted octanol–water partition coefficient (Wildman–Crippen LogP) is 3.48. The molecule has 120 valence electrons. The van der Waals surface area contributed by atoms with Crippen molar-refractivity contribution in [1.82, 2.24) is 9.97 Å². The fourth-order valence-corrected chi connectivity index (χ4v) is 2.15. The number of aromatic nitrogens is 2. The molecule has 0 spiro atoms. The Morgan fingerprint density at radius 2 is 1.71 bits per heavy atom. The van der Waals surface area contributed by atoms with E-state index in [4.69, 9.17) is 4.74 Å². The van der Waals surface area contributed by atoms with Gasteiger partial charge in [0.15, 0.2) is 0 Å². The van der Waals surface area contributed by atoms with E-state index in [1.54, 1.807) is 31.6 Å². The largest absolute Gasteiger partial charge is 0.497 e. The van der Waals surface area contributed by atoms with Crippen LogP contribution in [0.4, 0.5) is 17.1 Å². The van der Waals surface area contributed by atoms with Crippen LogP contribution in [0.15, 0.2) is 67.3 Å². The van der Waals surface area contributed by atoms with Crippen LogP contribution in [0, 0.1) is 0 Å². The van der Waals surface area contributed by atoms with Crippen LogP contribution in [0.5, 0.6) is 5.75 Å². The van der Waals surface area contributed by atoms with E-state index in [1.807, 2.05) is 36.4 Å². The summed E-state index contributed by atoms with van der Waals surface area (Å²) in [5.74, 6) is 0.571. The van der Waals surface area contributed by atoms with E-state index in [9.17, 15) is 4.79 Å². The van der Waals surface area contributed by atoms with Gasteiger partial charge < -0.3 is 15.4 Å². The molecule has 0 unspecified atom stereocenters. The molecular weight excluding hydrogens is 304 g/mol. The summed E-state index contributed by atoms with van der Waals surface area (Å²) in [6, 6.07) is 14.8.